The first-order chi connectivity index (χ1) is 10.3. The first-order valence-corrected chi connectivity index (χ1v) is 6.76. The molecule has 0 amide bonds. The van der Waals surface area contributed by atoms with Crippen molar-refractivity contribution in [3.8, 4) is 23.1 Å². The summed E-state index contributed by atoms with van der Waals surface area (Å²) in [5.41, 5.74) is 1.01. The maximum Gasteiger partial charge on any atom is 0.280 e. The van der Waals surface area contributed by atoms with Crippen LogP contribution in [0.4, 0.5) is 0 Å². The predicted octanol–water partition coefficient (Wildman–Crippen LogP) is 1.19. The molecule has 1 aliphatic heterocycles. The minimum Gasteiger partial charge on any atom is -0.332 e. The highest BCUT2D eigenvalue weighted by molar-refractivity contribution is 6.32. The Morgan fingerprint density at radius 1 is 1.38 bits per heavy atom. The molecule has 3 aromatic rings. The largest absolute Gasteiger partial charge is 0.332 e. The molecule has 4 rings (SSSR count). The zero-order valence-electron chi connectivity index (χ0n) is 10.8. The van der Waals surface area contributed by atoms with Crippen LogP contribution >= 0.6 is 11.6 Å². The Morgan fingerprint density at radius 3 is 3.05 bits per heavy atom. The maximum absolute atomic E-state index is 6.06. The van der Waals surface area contributed by atoms with E-state index in [1.165, 1.54) is 0 Å². The summed E-state index contributed by atoms with van der Waals surface area (Å²) in [6, 6.07) is 3.80. The lowest BCUT2D eigenvalue weighted by atomic mass is 10.2. The average molecular weight is 304 g/mol. The van der Waals surface area contributed by atoms with Gasteiger partial charge in [-0.05, 0) is 12.1 Å². The van der Waals surface area contributed by atoms with Crippen molar-refractivity contribution in [1.82, 2.24) is 35.4 Å². The van der Waals surface area contributed by atoms with Crippen molar-refractivity contribution >= 4 is 11.6 Å². The smallest absolute Gasteiger partial charge is 0.280 e. The monoisotopic (exact) mass is 303 g/mol. The van der Waals surface area contributed by atoms with E-state index in [9.17, 15) is 0 Å². The van der Waals surface area contributed by atoms with Crippen LogP contribution in [0.25, 0.3) is 23.1 Å². The van der Waals surface area contributed by atoms with Gasteiger partial charge >= 0.3 is 0 Å². The molecule has 1 saturated heterocycles. The van der Waals surface area contributed by atoms with Crippen LogP contribution in [-0.2, 0) is 0 Å². The van der Waals surface area contributed by atoms with E-state index in [1.54, 1.807) is 29.2 Å². The summed E-state index contributed by atoms with van der Waals surface area (Å²) in [5, 5.41) is 15.7. The van der Waals surface area contributed by atoms with Gasteiger partial charge in [0.05, 0.1) is 17.3 Å². The Bertz CT molecular complexity index is 779. The molecule has 1 aliphatic rings. The number of hydrogen-bond donors (Lipinski definition) is 1. The maximum atomic E-state index is 6.06. The molecule has 8 nitrogen and oxygen atoms in total. The Balaban J connectivity index is 1.65. The van der Waals surface area contributed by atoms with Gasteiger partial charge in [0, 0.05) is 19.3 Å². The summed E-state index contributed by atoms with van der Waals surface area (Å²) in [5.74, 6) is 0.626. The minimum absolute atomic E-state index is 0.297. The van der Waals surface area contributed by atoms with Crippen LogP contribution in [0.2, 0.25) is 5.02 Å². The van der Waals surface area contributed by atoms with Crippen LogP contribution in [0.15, 0.2) is 29.0 Å². The quantitative estimate of drug-likeness (QED) is 0.776. The van der Waals surface area contributed by atoms with Crippen molar-refractivity contribution in [3.63, 3.8) is 0 Å². The number of pyridine rings is 1. The van der Waals surface area contributed by atoms with E-state index in [0.717, 1.165) is 13.1 Å². The molecule has 0 bridgehead atoms. The van der Waals surface area contributed by atoms with Crippen LogP contribution in [0.3, 0.4) is 0 Å². The molecule has 0 aliphatic carbocycles. The number of hydrogen-bond acceptors (Lipinski definition) is 7. The highest BCUT2D eigenvalue weighted by Gasteiger charge is 2.22. The molecular weight excluding hydrogens is 294 g/mol. The van der Waals surface area contributed by atoms with Crippen LogP contribution in [0, 0.1) is 0 Å². The van der Waals surface area contributed by atoms with E-state index >= 15 is 0 Å². The molecule has 4 heterocycles. The van der Waals surface area contributed by atoms with Crippen molar-refractivity contribution in [2.75, 3.05) is 13.1 Å². The van der Waals surface area contributed by atoms with Crippen LogP contribution in [0.5, 0.6) is 0 Å². The number of nitrogens with zero attached hydrogens (tertiary/aromatic N) is 6. The highest BCUT2D eigenvalue weighted by Crippen LogP contribution is 2.25. The summed E-state index contributed by atoms with van der Waals surface area (Å²) >= 11 is 6.06. The molecule has 106 valence electrons. The first kappa shape index (κ1) is 12.4. The molecule has 3 aromatic heterocycles. The van der Waals surface area contributed by atoms with Crippen LogP contribution in [0.1, 0.15) is 6.04 Å². The van der Waals surface area contributed by atoms with Crippen molar-refractivity contribution < 1.29 is 4.52 Å². The van der Waals surface area contributed by atoms with Gasteiger partial charge in [0.2, 0.25) is 5.82 Å². The second-order valence-corrected chi connectivity index (χ2v) is 5.06. The minimum atomic E-state index is 0.297. The lowest BCUT2D eigenvalue weighted by Gasteiger charge is -2.26. The van der Waals surface area contributed by atoms with Crippen molar-refractivity contribution in [1.29, 1.82) is 0 Å². The molecule has 21 heavy (non-hydrogen) atoms. The van der Waals surface area contributed by atoms with Gasteiger partial charge in [-0.15, -0.1) is 5.10 Å². The van der Waals surface area contributed by atoms with Gasteiger partial charge in [-0.25, -0.2) is 4.68 Å². The van der Waals surface area contributed by atoms with E-state index in [0.29, 0.717) is 34.2 Å². The fourth-order valence-corrected chi connectivity index (χ4v) is 2.19. The van der Waals surface area contributed by atoms with Crippen LogP contribution < -0.4 is 5.32 Å². The lowest BCUT2D eigenvalue weighted by molar-refractivity contribution is 0.313. The molecule has 1 N–H and O–H groups in total. The average Bonchev–Trinajstić information content (AvgIpc) is 3.06. The lowest BCUT2D eigenvalue weighted by Crippen LogP contribution is -2.43. The van der Waals surface area contributed by atoms with Gasteiger partial charge in [-0.2, -0.15) is 4.98 Å². The fourth-order valence-electron chi connectivity index (χ4n) is 1.99. The van der Waals surface area contributed by atoms with Gasteiger partial charge in [0.1, 0.15) is 5.69 Å². The Hall–Kier alpha value is -2.32. The fraction of sp³-hybridized carbons (Fsp3) is 0.250. The first-order valence-electron chi connectivity index (χ1n) is 6.39. The summed E-state index contributed by atoms with van der Waals surface area (Å²) in [7, 11) is 0. The molecule has 0 atom stereocenters. The van der Waals surface area contributed by atoms with E-state index in [-0.39, 0.29) is 0 Å². The van der Waals surface area contributed by atoms with Crippen molar-refractivity contribution in [2.45, 2.75) is 6.04 Å². The highest BCUT2D eigenvalue weighted by atomic mass is 35.5. The van der Waals surface area contributed by atoms with Gasteiger partial charge in [0.25, 0.3) is 5.89 Å². The van der Waals surface area contributed by atoms with E-state index < -0.39 is 0 Å². The van der Waals surface area contributed by atoms with E-state index in [4.69, 9.17) is 16.1 Å². The molecule has 9 heteroatoms. The zero-order valence-corrected chi connectivity index (χ0v) is 11.5. The van der Waals surface area contributed by atoms with Gasteiger partial charge in [0.15, 0.2) is 5.69 Å². The van der Waals surface area contributed by atoms with Gasteiger partial charge in [-0.3, -0.25) is 4.98 Å². The molecule has 1 fully saturated rings. The zero-order chi connectivity index (χ0) is 14.2. The third-order valence-corrected chi connectivity index (χ3v) is 3.56. The third kappa shape index (κ3) is 2.18. The SMILES string of the molecule is Clc1cccnc1-c1noc(-c2cn(C3CNC3)nn2)n1. The van der Waals surface area contributed by atoms with Crippen molar-refractivity contribution in [3.05, 3.63) is 29.5 Å². The Kier molecular flexibility index (Phi) is 2.90. The van der Waals surface area contributed by atoms with Crippen LogP contribution in [-0.4, -0.2) is 43.2 Å². The van der Waals surface area contributed by atoms with Gasteiger partial charge < -0.3 is 9.84 Å². The topological polar surface area (TPSA) is 94.6 Å². The number of aromatic nitrogens is 6. The summed E-state index contributed by atoms with van der Waals surface area (Å²) in [4.78, 5) is 8.42. The summed E-state index contributed by atoms with van der Waals surface area (Å²) in [6.07, 6.45) is 3.42. The number of rotatable bonds is 3. The summed E-state index contributed by atoms with van der Waals surface area (Å²) in [6.45, 7) is 1.78. The normalized spacial score (nSPS) is 15.1. The molecule has 0 radical (unpaired) electrons. The van der Waals surface area contributed by atoms with E-state index in [2.05, 4.69) is 30.8 Å². The molecular formula is C12H10ClN7O. The molecule has 0 unspecified atom stereocenters. The Labute approximate surface area is 124 Å². The summed E-state index contributed by atoms with van der Waals surface area (Å²) < 4.78 is 7.01. The number of halogens is 1. The Morgan fingerprint density at radius 2 is 2.29 bits per heavy atom. The third-order valence-electron chi connectivity index (χ3n) is 3.26. The molecule has 0 aromatic carbocycles. The standard InChI is InChI=1S/C12H10ClN7O/c13-8-2-1-3-15-10(8)11-16-12(21-18-11)9-6-20(19-17-9)7-4-14-5-7/h1-3,6-7,14H,4-5H2. The van der Waals surface area contributed by atoms with Crippen molar-refractivity contribution in [2.24, 2.45) is 0 Å². The van der Waals surface area contributed by atoms with Gasteiger partial charge in [-0.1, -0.05) is 22.0 Å². The molecule has 0 saturated carbocycles. The van der Waals surface area contributed by atoms with E-state index in [1.807, 2.05) is 0 Å². The predicted molar refractivity (Wildman–Crippen MR) is 73.5 cm³/mol. The second-order valence-electron chi connectivity index (χ2n) is 4.65. The number of nitrogens with one attached hydrogen (secondary N) is 1. The molecule has 0 spiro atoms. The second kappa shape index (κ2) is 4.90.